The number of hydrogen-bond acceptors (Lipinski definition) is 5. The largest absolute Gasteiger partial charge is 0.493 e. The Kier molecular flexibility index (Phi) is 7.64. The van der Waals surface area contributed by atoms with Crippen molar-refractivity contribution < 1.29 is 18.9 Å². The Labute approximate surface area is 174 Å². The van der Waals surface area contributed by atoms with Gasteiger partial charge in [0.05, 0.1) is 27.9 Å². The Morgan fingerprint density at radius 2 is 1.66 bits per heavy atom. The summed E-state index contributed by atoms with van der Waals surface area (Å²) in [5.41, 5.74) is 2.36. The molecule has 0 radical (unpaired) electrons. The van der Waals surface area contributed by atoms with Crippen LogP contribution in [0.15, 0.2) is 36.4 Å². The van der Waals surface area contributed by atoms with E-state index in [1.165, 1.54) is 24.9 Å². The van der Waals surface area contributed by atoms with Gasteiger partial charge < -0.3 is 23.8 Å². The standard InChI is InChI=1S/C24H33NO4/c1-25-14-7-9-20(25)13-15-29-21-10-6-5-8-19(21)12-11-18-16-22(26-2)24(28-4)23(17-18)27-3/h5-6,8,10,16-17,20H,7,9,11-15H2,1-4H3. The van der Waals surface area contributed by atoms with Crippen LogP contribution in [0.1, 0.15) is 30.4 Å². The minimum absolute atomic E-state index is 0.624. The zero-order valence-corrected chi connectivity index (χ0v) is 18.1. The summed E-state index contributed by atoms with van der Waals surface area (Å²) in [5, 5.41) is 0. The van der Waals surface area contributed by atoms with Gasteiger partial charge in [-0.15, -0.1) is 0 Å². The van der Waals surface area contributed by atoms with Gasteiger partial charge in [0.25, 0.3) is 0 Å². The molecule has 2 aromatic rings. The van der Waals surface area contributed by atoms with Crippen LogP contribution in [-0.4, -0.2) is 52.5 Å². The van der Waals surface area contributed by atoms with Crippen molar-refractivity contribution in [3.63, 3.8) is 0 Å². The maximum absolute atomic E-state index is 6.17. The molecule has 5 heteroatoms. The molecule has 0 aliphatic carbocycles. The van der Waals surface area contributed by atoms with Crippen molar-refractivity contribution in [1.29, 1.82) is 0 Å². The molecule has 1 saturated heterocycles. The van der Waals surface area contributed by atoms with Gasteiger partial charge in [0.15, 0.2) is 11.5 Å². The molecule has 5 nitrogen and oxygen atoms in total. The van der Waals surface area contributed by atoms with Crippen molar-refractivity contribution in [2.24, 2.45) is 0 Å². The highest BCUT2D eigenvalue weighted by molar-refractivity contribution is 5.54. The van der Waals surface area contributed by atoms with Gasteiger partial charge >= 0.3 is 0 Å². The van der Waals surface area contributed by atoms with Crippen molar-refractivity contribution in [3.8, 4) is 23.0 Å². The summed E-state index contributed by atoms with van der Waals surface area (Å²) in [6.45, 7) is 1.96. The van der Waals surface area contributed by atoms with E-state index in [1.807, 2.05) is 18.2 Å². The van der Waals surface area contributed by atoms with Crippen LogP contribution in [0, 0.1) is 0 Å². The number of para-hydroxylation sites is 1. The molecule has 29 heavy (non-hydrogen) atoms. The third-order valence-corrected chi connectivity index (χ3v) is 5.76. The quantitative estimate of drug-likeness (QED) is 0.594. The molecule has 158 valence electrons. The molecule has 0 saturated carbocycles. The highest BCUT2D eigenvalue weighted by Crippen LogP contribution is 2.38. The minimum atomic E-state index is 0.624. The van der Waals surface area contributed by atoms with Crippen LogP contribution in [0.25, 0.3) is 0 Å². The molecule has 1 fully saturated rings. The SMILES string of the molecule is COc1cc(CCc2ccccc2OCCC2CCCN2C)cc(OC)c1OC. The van der Waals surface area contributed by atoms with E-state index < -0.39 is 0 Å². The van der Waals surface area contributed by atoms with Gasteiger partial charge in [-0.3, -0.25) is 0 Å². The smallest absolute Gasteiger partial charge is 0.203 e. The molecule has 0 aromatic heterocycles. The number of likely N-dealkylation sites (tertiary alicyclic amines) is 1. The van der Waals surface area contributed by atoms with Crippen LogP contribution in [0.3, 0.4) is 0 Å². The zero-order chi connectivity index (χ0) is 20.6. The lowest BCUT2D eigenvalue weighted by Gasteiger charge is -2.20. The highest BCUT2D eigenvalue weighted by Gasteiger charge is 2.20. The Hall–Kier alpha value is -2.40. The fraction of sp³-hybridized carbons (Fsp3) is 0.500. The lowest BCUT2D eigenvalue weighted by Crippen LogP contribution is -2.26. The summed E-state index contributed by atoms with van der Waals surface area (Å²) in [4.78, 5) is 2.44. The molecule has 1 unspecified atom stereocenters. The summed E-state index contributed by atoms with van der Waals surface area (Å²) in [7, 11) is 7.12. The van der Waals surface area contributed by atoms with E-state index in [0.717, 1.165) is 37.2 Å². The fourth-order valence-corrected chi connectivity index (χ4v) is 4.06. The lowest BCUT2D eigenvalue weighted by molar-refractivity contribution is 0.232. The van der Waals surface area contributed by atoms with Crippen molar-refractivity contribution >= 4 is 0 Å². The van der Waals surface area contributed by atoms with Crippen LogP contribution in [0.2, 0.25) is 0 Å². The monoisotopic (exact) mass is 399 g/mol. The normalized spacial score (nSPS) is 16.6. The first-order valence-electron chi connectivity index (χ1n) is 10.4. The van der Waals surface area contributed by atoms with E-state index in [0.29, 0.717) is 23.3 Å². The van der Waals surface area contributed by atoms with Crippen LogP contribution in [-0.2, 0) is 12.8 Å². The number of benzene rings is 2. The summed E-state index contributed by atoms with van der Waals surface area (Å²) in [5.74, 6) is 2.99. The number of hydrogen-bond donors (Lipinski definition) is 0. The molecule has 1 atom stereocenters. The van der Waals surface area contributed by atoms with Crippen molar-refractivity contribution in [1.82, 2.24) is 4.90 Å². The maximum Gasteiger partial charge on any atom is 0.203 e. The Bertz CT molecular complexity index is 767. The minimum Gasteiger partial charge on any atom is -0.493 e. The topological polar surface area (TPSA) is 40.2 Å². The van der Waals surface area contributed by atoms with Crippen LogP contribution >= 0.6 is 0 Å². The van der Waals surface area contributed by atoms with E-state index in [1.54, 1.807) is 21.3 Å². The molecule has 1 aliphatic rings. The Morgan fingerprint density at radius 3 is 2.28 bits per heavy atom. The summed E-state index contributed by atoms with van der Waals surface area (Å²) in [6.07, 6.45) is 5.41. The van der Waals surface area contributed by atoms with E-state index in [-0.39, 0.29) is 0 Å². The van der Waals surface area contributed by atoms with Gasteiger partial charge in [-0.05, 0) is 75.0 Å². The van der Waals surface area contributed by atoms with Crippen LogP contribution in [0.4, 0.5) is 0 Å². The fourth-order valence-electron chi connectivity index (χ4n) is 4.06. The molecule has 0 N–H and O–H groups in total. The second-order valence-corrected chi connectivity index (χ2v) is 7.56. The summed E-state index contributed by atoms with van der Waals surface area (Å²) >= 11 is 0. The molecule has 0 spiro atoms. The van der Waals surface area contributed by atoms with E-state index in [9.17, 15) is 0 Å². The highest BCUT2D eigenvalue weighted by atomic mass is 16.5. The second-order valence-electron chi connectivity index (χ2n) is 7.56. The van der Waals surface area contributed by atoms with Crippen molar-refractivity contribution in [2.75, 3.05) is 41.5 Å². The van der Waals surface area contributed by atoms with Gasteiger partial charge in [0, 0.05) is 6.04 Å². The van der Waals surface area contributed by atoms with E-state index in [4.69, 9.17) is 18.9 Å². The number of aryl methyl sites for hydroxylation is 2. The van der Waals surface area contributed by atoms with Crippen LogP contribution in [0.5, 0.6) is 23.0 Å². The average Bonchev–Trinajstić information content (AvgIpc) is 3.16. The van der Waals surface area contributed by atoms with Gasteiger partial charge in [-0.2, -0.15) is 0 Å². The molecule has 2 aromatic carbocycles. The average molecular weight is 400 g/mol. The molecule has 3 rings (SSSR count). The predicted octanol–water partition coefficient (Wildman–Crippen LogP) is 4.36. The van der Waals surface area contributed by atoms with Gasteiger partial charge in [-0.1, -0.05) is 18.2 Å². The van der Waals surface area contributed by atoms with Crippen molar-refractivity contribution in [3.05, 3.63) is 47.5 Å². The number of nitrogens with zero attached hydrogens (tertiary/aromatic N) is 1. The lowest BCUT2D eigenvalue weighted by atomic mass is 10.0. The number of ether oxygens (including phenoxy) is 4. The van der Waals surface area contributed by atoms with E-state index in [2.05, 4.69) is 30.1 Å². The molecular formula is C24H33NO4. The summed E-state index contributed by atoms with van der Waals surface area (Å²) < 4.78 is 22.5. The maximum atomic E-state index is 6.17. The molecule has 1 heterocycles. The molecule has 0 amide bonds. The predicted molar refractivity (Wildman–Crippen MR) is 116 cm³/mol. The van der Waals surface area contributed by atoms with Gasteiger partial charge in [0.2, 0.25) is 5.75 Å². The Morgan fingerprint density at radius 1 is 0.931 bits per heavy atom. The number of methoxy groups -OCH3 is 3. The third kappa shape index (κ3) is 5.36. The zero-order valence-electron chi connectivity index (χ0n) is 18.1. The first-order chi connectivity index (χ1) is 14.2. The Balaban J connectivity index is 1.63. The van der Waals surface area contributed by atoms with Crippen LogP contribution < -0.4 is 18.9 Å². The summed E-state index contributed by atoms with van der Waals surface area (Å²) in [6, 6.07) is 13.0. The molecule has 1 aliphatic heterocycles. The molecular weight excluding hydrogens is 366 g/mol. The number of rotatable bonds is 10. The van der Waals surface area contributed by atoms with Crippen molar-refractivity contribution in [2.45, 2.75) is 38.1 Å². The third-order valence-electron chi connectivity index (χ3n) is 5.76. The molecule has 0 bridgehead atoms. The first kappa shape index (κ1) is 21.3. The second kappa shape index (κ2) is 10.4. The van der Waals surface area contributed by atoms with Gasteiger partial charge in [-0.25, -0.2) is 0 Å². The van der Waals surface area contributed by atoms with Gasteiger partial charge in [0.1, 0.15) is 5.75 Å². The van der Waals surface area contributed by atoms with E-state index >= 15 is 0 Å². The first-order valence-corrected chi connectivity index (χ1v) is 10.4.